The lowest BCUT2D eigenvalue weighted by Gasteiger charge is -2.38. The number of fused-ring (bicyclic) bond motifs is 16. The molecule has 0 fully saturated rings. The Labute approximate surface area is 378 Å². The van der Waals surface area contributed by atoms with Gasteiger partial charge in [0.05, 0.1) is 27.6 Å². The van der Waals surface area contributed by atoms with E-state index >= 15 is 0 Å². The van der Waals surface area contributed by atoms with Gasteiger partial charge in [0.15, 0.2) is 0 Å². The monoisotopic (exact) mass is 839 g/mol. The van der Waals surface area contributed by atoms with Crippen molar-refractivity contribution in [1.29, 1.82) is 0 Å². The highest BCUT2D eigenvalue weighted by atomic mass is 16.5. The minimum Gasteiger partial charge on any atom is -0.458 e. The van der Waals surface area contributed by atoms with Crippen LogP contribution in [0.2, 0.25) is 0 Å². The Balaban J connectivity index is 1.06. The average molecular weight is 840 g/mol. The van der Waals surface area contributed by atoms with Crippen molar-refractivity contribution in [2.75, 3.05) is 0 Å². The molecule has 4 aliphatic rings. The molecule has 0 radical (unpaired) electrons. The van der Waals surface area contributed by atoms with Crippen molar-refractivity contribution in [3.63, 3.8) is 0 Å². The van der Waals surface area contributed by atoms with E-state index in [-0.39, 0.29) is 13.4 Å². The lowest BCUT2D eigenvalue weighted by Crippen LogP contribution is -2.62. The lowest BCUT2D eigenvalue weighted by atomic mass is 9.31. The fraction of sp³-hybridized carbons (Fsp3) is 0. The van der Waals surface area contributed by atoms with Gasteiger partial charge in [0.2, 0.25) is 0 Å². The van der Waals surface area contributed by atoms with Gasteiger partial charge in [-0.3, -0.25) is 15.0 Å². The molecule has 0 bridgehead atoms. The molecule has 66 heavy (non-hydrogen) atoms. The SMILES string of the molecule is c1ccc2c(c1)B1c3cc4c(c(-c5ccncc5)c3Oc3cc(-c5ccncc5)c5c6ccccc6n-2c5c31)Oc1cc(-c2ccncc2)c2c3ccccc3n3c2c1B4c1ccccc1-3. The number of pyridine rings is 3. The van der Waals surface area contributed by atoms with Crippen LogP contribution in [0.3, 0.4) is 0 Å². The third kappa shape index (κ3) is 4.28. The summed E-state index contributed by atoms with van der Waals surface area (Å²) in [4.78, 5) is 13.3. The maximum Gasteiger partial charge on any atom is 0.256 e. The van der Waals surface area contributed by atoms with E-state index in [9.17, 15) is 0 Å². The fourth-order valence-electron chi connectivity index (χ4n) is 12.2. The fourth-order valence-corrected chi connectivity index (χ4v) is 12.2. The summed E-state index contributed by atoms with van der Waals surface area (Å²) in [5.74, 6) is 3.28. The zero-order valence-corrected chi connectivity index (χ0v) is 35.1. The molecule has 9 heterocycles. The number of rotatable bonds is 3. The third-order valence-corrected chi connectivity index (χ3v) is 14.7. The molecule has 302 valence electrons. The summed E-state index contributed by atoms with van der Waals surface area (Å²) in [7, 11) is 0. The van der Waals surface area contributed by atoms with Gasteiger partial charge in [-0.15, -0.1) is 0 Å². The van der Waals surface area contributed by atoms with Gasteiger partial charge in [0, 0.05) is 70.1 Å². The molecule has 7 nitrogen and oxygen atoms in total. The van der Waals surface area contributed by atoms with Crippen molar-refractivity contribution in [2.24, 2.45) is 0 Å². The normalized spacial score (nSPS) is 13.3. The highest BCUT2D eigenvalue weighted by molar-refractivity contribution is 7.02. The predicted molar refractivity (Wildman–Crippen MR) is 267 cm³/mol. The van der Waals surface area contributed by atoms with Crippen LogP contribution in [0.5, 0.6) is 23.0 Å². The Hall–Kier alpha value is -8.68. The zero-order valence-electron chi connectivity index (χ0n) is 35.1. The summed E-state index contributed by atoms with van der Waals surface area (Å²) >= 11 is 0. The molecule has 12 aromatic rings. The number of ether oxygens (including phenoxy) is 2. The maximum absolute atomic E-state index is 7.57. The maximum atomic E-state index is 7.57. The summed E-state index contributed by atoms with van der Waals surface area (Å²) in [6.07, 6.45) is 11.2. The van der Waals surface area contributed by atoms with Crippen molar-refractivity contribution in [2.45, 2.75) is 0 Å². The molecule has 7 aromatic carbocycles. The van der Waals surface area contributed by atoms with Crippen LogP contribution in [-0.2, 0) is 0 Å². The van der Waals surface area contributed by atoms with E-state index in [0.29, 0.717) is 0 Å². The quantitative estimate of drug-likeness (QED) is 0.166. The number of hydrogen-bond acceptors (Lipinski definition) is 5. The second-order valence-corrected chi connectivity index (χ2v) is 17.8. The number of hydrogen-bond donors (Lipinski definition) is 0. The largest absolute Gasteiger partial charge is 0.458 e. The summed E-state index contributed by atoms with van der Waals surface area (Å²) < 4.78 is 20.1. The summed E-state index contributed by atoms with van der Waals surface area (Å²) in [5, 5.41) is 4.85. The highest BCUT2D eigenvalue weighted by Gasteiger charge is 2.47. The standard InChI is InChI=1S/C57H31B2N5O2/c1-5-13-43-35(9-1)50-37(32-17-23-60-24-18-32)29-47-52-54(50)63(43)45-15-7-3-11-39(45)58(52)41-31-42-57(49(56(41)65-47)34-21-27-62-28-22-34)66-48-30-38(33-19-25-61-26-20-33)51-36-10-2-6-14-44(36)64-46-16-8-4-12-40(46)59(42)53(48)55(51)64/h1-31H. The number of para-hydroxylation sites is 4. The molecule has 0 atom stereocenters. The first-order chi connectivity index (χ1) is 32.8. The molecule has 0 spiro atoms. The second kappa shape index (κ2) is 12.5. The van der Waals surface area contributed by atoms with Crippen LogP contribution in [0.15, 0.2) is 189 Å². The van der Waals surface area contributed by atoms with Gasteiger partial charge in [-0.25, -0.2) is 0 Å². The van der Waals surface area contributed by atoms with Crippen molar-refractivity contribution < 1.29 is 9.47 Å². The predicted octanol–water partition coefficient (Wildman–Crippen LogP) is 8.94. The molecule has 0 unspecified atom stereocenters. The molecular formula is C57H31B2N5O2. The van der Waals surface area contributed by atoms with Crippen LogP contribution in [0.1, 0.15) is 0 Å². The Kier molecular flexibility index (Phi) is 6.60. The van der Waals surface area contributed by atoms with Gasteiger partial charge in [-0.05, 0) is 133 Å². The number of nitrogens with zero attached hydrogens (tertiary/aromatic N) is 5. The van der Waals surface area contributed by atoms with Gasteiger partial charge in [-0.1, -0.05) is 78.9 Å². The van der Waals surface area contributed by atoms with Gasteiger partial charge in [0.25, 0.3) is 13.4 Å². The van der Waals surface area contributed by atoms with E-state index in [1.165, 1.54) is 76.8 Å². The van der Waals surface area contributed by atoms with Crippen LogP contribution in [0.25, 0.3) is 88.4 Å². The first-order valence-electron chi connectivity index (χ1n) is 22.5. The summed E-state index contributed by atoms with van der Waals surface area (Å²) in [5.41, 5.74) is 20.4. The molecule has 4 aliphatic heterocycles. The average Bonchev–Trinajstić information content (AvgIpc) is 3.92. The molecular weight excluding hydrogens is 808 g/mol. The van der Waals surface area contributed by atoms with Crippen molar-refractivity contribution in [3.05, 3.63) is 189 Å². The molecule has 16 rings (SSSR count). The van der Waals surface area contributed by atoms with Crippen molar-refractivity contribution in [3.8, 4) is 67.8 Å². The van der Waals surface area contributed by atoms with E-state index in [0.717, 1.165) is 67.3 Å². The lowest BCUT2D eigenvalue weighted by molar-refractivity contribution is 0.469. The van der Waals surface area contributed by atoms with Gasteiger partial charge in [-0.2, -0.15) is 0 Å². The first kappa shape index (κ1) is 34.8. The molecule has 9 heteroatoms. The van der Waals surface area contributed by atoms with Crippen LogP contribution in [0, 0.1) is 0 Å². The zero-order chi connectivity index (χ0) is 42.8. The minimum atomic E-state index is -0.141. The molecule has 5 aromatic heterocycles. The van der Waals surface area contributed by atoms with Gasteiger partial charge in [0.1, 0.15) is 23.0 Å². The van der Waals surface area contributed by atoms with Crippen LogP contribution < -0.4 is 42.3 Å². The van der Waals surface area contributed by atoms with Crippen LogP contribution >= 0.6 is 0 Å². The van der Waals surface area contributed by atoms with Crippen LogP contribution in [-0.4, -0.2) is 37.5 Å². The van der Waals surface area contributed by atoms with E-state index in [4.69, 9.17) is 9.47 Å². The molecule has 0 aliphatic carbocycles. The van der Waals surface area contributed by atoms with Crippen molar-refractivity contribution in [1.82, 2.24) is 24.1 Å². The van der Waals surface area contributed by atoms with E-state index in [2.05, 4.69) is 176 Å². The molecule has 0 saturated carbocycles. The van der Waals surface area contributed by atoms with Crippen molar-refractivity contribution >= 4 is 89.8 Å². The highest BCUT2D eigenvalue weighted by Crippen LogP contribution is 2.50. The smallest absolute Gasteiger partial charge is 0.256 e. The van der Waals surface area contributed by atoms with Gasteiger partial charge >= 0.3 is 0 Å². The Bertz CT molecular complexity index is 3890. The summed E-state index contributed by atoms with van der Waals surface area (Å²) in [6.45, 7) is -0.283. The molecule has 0 saturated heterocycles. The van der Waals surface area contributed by atoms with Gasteiger partial charge < -0.3 is 18.6 Å². The first-order valence-corrected chi connectivity index (χ1v) is 22.5. The molecule has 0 amide bonds. The minimum absolute atomic E-state index is 0.141. The van der Waals surface area contributed by atoms with E-state index in [1.807, 2.05) is 37.2 Å². The number of benzene rings is 7. The Morgan fingerprint density at radius 3 is 1.27 bits per heavy atom. The van der Waals surface area contributed by atoms with Crippen LogP contribution in [0.4, 0.5) is 0 Å². The third-order valence-electron chi connectivity index (χ3n) is 14.7. The Morgan fingerprint density at radius 1 is 0.394 bits per heavy atom. The van der Waals surface area contributed by atoms with E-state index in [1.54, 1.807) is 0 Å². The topological polar surface area (TPSA) is 67.0 Å². The summed E-state index contributed by atoms with van der Waals surface area (Å²) in [6, 6.07) is 55.1. The van der Waals surface area contributed by atoms with E-state index < -0.39 is 0 Å². The number of aromatic nitrogens is 5. The second-order valence-electron chi connectivity index (χ2n) is 17.8. The Morgan fingerprint density at radius 2 is 0.803 bits per heavy atom. The molecule has 0 N–H and O–H groups in total.